The van der Waals surface area contributed by atoms with Crippen LogP contribution in [0.2, 0.25) is 0 Å². The maximum atomic E-state index is 11.9. The second-order valence-electron chi connectivity index (χ2n) is 4.46. The summed E-state index contributed by atoms with van der Waals surface area (Å²) in [5.41, 5.74) is 0. The minimum absolute atomic E-state index is 0.0582. The Labute approximate surface area is 83.1 Å². The highest BCUT2D eigenvalue weighted by Crippen LogP contribution is 2.29. The molecule has 0 aromatic carbocycles. The van der Waals surface area contributed by atoms with Gasteiger partial charge in [0, 0.05) is 6.04 Å². The van der Waals surface area contributed by atoms with E-state index < -0.39 is 12.7 Å². The zero-order valence-corrected chi connectivity index (χ0v) is 8.69. The van der Waals surface area contributed by atoms with Crippen LogP contribution in [0, 0.1) is 11.8 Å². The zero-order valence-electron chi connectivity index (χ0n) is 8.69. The third-order valence-electron chi connectivity index (χ3n) is 3.19. The van der Waals surface area contributed by atoms with Crippen LogP contribution in [-0.4, -0.2) is 18.8 Å². The van der Waals surface area contributed by atoms with E-state index in [9.17, 15) is 13.2 Å². The van der Waals surface area contributed by atoms with Gasteiger partial charge in [-0.3, -0.25) is 0 Å². The Morgan fingerprint density at radius 2 is 1.79 bits per heavy atom. The molecule has 84 valence electrons. The van der Waals surface area contributed by atoms with Gasteiger partial charge in [0.05, 0.1) is 6.54 Å². The fraction of sp³-hybridized carbons (Fsp3) is 1.00. The van der Waals surface area contributed by atoms with Crippen molar-refractivity contribution in [1.29, 1.82) is 0 Å². The van der Waals surface area contributed by atoms with Gasteiger partial charge in [0.25, 0.3) is 0 Å². The van der Waals surface area contributed by atoms with Crippen molar-refractivity contribution in [2.45, 2.75) is 45.3 Å². The second-order valence-corrected chi connectivity index (χ2v) is 4.46. The number of hydrogen-bond acceptors (Lipinski definition) is 1. The first kappa shape index (κ1) is 11.8. The summed E-state index contributed by atoms with van der Waals surface area (Å²) in [6.45, 7) is 3.44. The van der Waals surface area contributed by atoms with Gasteiger partial charge in [-0.2, -0.15) is 13.2 Å². The Morgan fingerprint density at radius 1 is 1.14 bits per heavy atom. The molecule has 4 heteroatoms. The topological polar surface area (TPSA) is 12.0 Å². The SMILES string of the molecule is CC1CCC(NCC(F)(F)F)CC1C. The molecule has 0 aromatic heterocycles. The molecule has 0 saturated heterocycles. The predicted molar refractivity (Wildman–Crippen MR) is 50.0 cm³/mol. The van der Waals surface area contributed by atoms with Crippen molar-refractivity contribution in [3.8, 4) is 0 Å². The largest absolute Gasteiger partial charge is 0.401 e. The maximum absolute atomic E-state index is 11.9. The van der Waals surface area contributed by atoms with Crippen LogP contribution in [0.5, 0.6) is 0 Å². The smallest absolute Gasteiger partial charge is 0.306 e. The van der Waals surface area contributed by atoms with E-state index in [1.54, 1.807) is 0 Å². The van der Waals surface area contributed by atoms with Gasteiger partial charge in [0.2, 0.25) is 0 Å². The molecule has 0 spiro atoms. The van der Waals surface area contributed by atoms with Gasteiger partial charge in [-0.25, -0.2) is 0 Å². The fourth-order valence-corrected chi connectivity index (χ4v) is 1.99. The van der Waals surface area contributed by atoms with Crippen LogP contribution in [0.1, 0.15) is 33.1 Å². The third kappa shape index (κ3) is 3.86. The molecule has 1 saturated carbocycles. The minimum atomic E-state index is -4.08. The quantitative estimate of drug-likeness (QED) is 0.737. The number of alkyl halides is 3. The lowest BCUT2D eigenvalue weighted by atomic mass is 9.79. The van der Waals surface area contributed by atoms with Crippen molar-refractivity contribution < 1.29 is 13.2 Å². The molecule has 0 aromatic rings. The average molecular weight is 209 g/mol. The Hall–Kier alpha value is -0.250. The van der Waals surface area contributed by atoms with E-state index >= 15 is 0 Å². The molecule has 3 atom stereocenters. The summed E-state index contributed by atoms with van der Waals surface area (Å²) in [6.07, 6.45) is -1.29. The van der Waals surface area contributed by atoms with Crippen LogP contribution in [0.3, 0.4) is 0 Å². The molecule has 1 aliphatic rings. The van der Waals surface area contributed by atoms with Crippen LogP contribution < -0.4 is 5.32 Å². The summed E-state index contributed by atoms with van der Waals surface area (Å²) in [5, 5.41) is 2.59. The molecule has 0 aliphatic heterocycles. The Bertz CT molecular complexity index is 179. The minimum Gasteiger partial charge on any atom is -0.306 e. The summed E-state index contributed by atoms with van der Waals surface area (Å²) in [4.78, 5) is 0. The van der Waals surface area contributed by atoms with E-state index in [2.05, 4.69) is 19.2 Å². The van der Waals surface area contributed by atoms with Crippen molar-refractivity contribution >= 4 is 0 Å². The molecule has 0 amide bonds. The monoisotopic (exact) mass is 209 g/mol. The summed E-state index contributed by atoms with van der Waals surface area (Å²) >= 11 is 0. The zero-order chi connectivity index (χ0) is 10.8. The number of hydrogen-bond donors (Lipinski definition) is 1. The maximum Gasteiger partial charge on any atom is 0.401 e. The lowest BCUT2D eigenvalue weighted by Crippen LogP contribution is -2.41. The van der Waals surface area contributed by atoms with Gasteiger partial charge in [0.15, 0.2) is 0 Å². The molecule has 1 rings (SSSR count). The van der Waals surface area contributed by atoms with Crippen molar-refractivity contribution in [2.75, 3.05) is 6.54 Å². The van der Waals surface area contributed by atoms with Crippen molar-refractivity contribution in [1.82, 2.24) is 5.32 Å². The molecule has 0 radical (unpaired) electrons. The summed E-state index contributed by atoms with van der Waals surface area (Å²) in [6, 6.07) is 0.0582. The summed E-state index contributed by atoms with van der Waals surface area (Å²) in [5.74, 6) is 1.19. The van der Waals surface area contributed by atoms with E-state index in [4.69, 9.17) is 0 Å². The van der Waals surface area contributed by atoms with Crippen molar-refractivity contribution in [3.63, 3.8) is 0 Å². The second kappa shape index (κ2) is 4.51. The molecule has 1 N–H and O–H groups in total. The van der Waals surface area contributed by atoms with Gasteiger partial charge in [-0.1, -0.05) is 13.8 Å². The molecule has 0 bridgehead atoms. The van der Waals surface area contributed by atoms with Crippen LogP contribution >= 0.6 is 0 Å². The lowest BCUT2D eigenvalue weighted by molar-refractivity contribution is -0.127. The molecule has 0 heterocycles. The van der Waals surface area contributed by atoms with Crippen LogP contribution in [-0.2, 0) is 0 Å². The van der Waals surface area contributed by atoms with Gasteiger partial charge in [-0.05, 0) is 31.1 Å². The predicted octanol–water partition coefficient (Wildman–Crippen LogP) is 2.96. The first-order chi connectivity index (χ1) is 6.38. The van der Waals surface area contributed by atoms with Crippen molar-refractivity contribution in [3.05, 3.63) is 0 Å². The van der Waals surface area contributed by atoms with E-state index in [0.29, 0.717) is 11.8 Å². The van der Waals surface area contributed by atoms with Gasteiger partial charge in [0.1, 0.15) is 0 Å². The Balaban J connectivity index is 2.27. The van der Waals surface area contributed by atoms with E-state index in [-0.39, 0.29) is 6.04 Å². The van der Waals surface area contributed by atoms with E-state index in [1.807, 2.05) is 0 Å². The van der Waals surface area contributed by atoms with Crippen LogP contribution in [0.25, 0.3) is 0 Å². The molecular formula is C10H18F3N. The Kier molecular flexibility index (Phi) is 3.81. The van der Waals surface area contributed by atoms with Gasteiger partial charge >= 0.3 is 6.18 Å². The van der Waals surface area contributed by atoms with E-state index in [0.717, 1.165) is 19.3 Å². The van der Waals surface area contributed by atoms with Gasteiger partial charge < -0.3 is 5.32 Å². The summed E-state index contributed by atoms with van der Waals surface area (Å²) < 4.78 is 35.8. The van der Waals surface area contributed by atoms with E-state index in [1.165, 1.54) is 0 Å². The van der Waals surface area contributed by atoms with Gasteiger partial charge in [-0.15, -0.1) is 0 Å². The number of nitrogens with one attached hydrogen (secondary N) is 1. The molecule has 3 unspecified atom stereocenters. The fourth-order valence-electron chi connectivity index (χ4n) is 1.99. The first-order valence-corrected chi connectivity index (χ1v) is 5.18. The highest BCUT2D eigenvalue weighted by molar-refractivity contribution is 4.80. The van der Waals surface area contributed by atoms with Crippen LogP contribution in [0.15, 0.2) is 0 Å². The highest BCUT2D eigenvalue weighted by atomic mass is 19.4. The molecule has 14 heavy (non-hydrogen) atoms. The number of halogens is 3. The molecular weight excluding hydrogens is 191 g/mol. The normalized spacial score (nSPS) is 34.5. The first-order valence-electron chi connectivity index (χ1n) is 5.18. The van der Waals surface area contributed by atoms with Crippen molar-refractivity contribution in [2.24, 2.45) is 11.8 Å². The molecule has 1 fully saturated rings. The Morgan fingerprint density at radius 3 is 2.29 bits per heavy atom. The summed E-state index contributed by atoms with van der Waals surface area (Å²) in [7, 11) is 0. The number of rotatable bonds is 2. The standard InChI is InChI=1S/C10H18F3N/c1-7-3-4-9(5-8(7)2)14-6-10(11,12)13/h7-9,14H,3-6H2,1-2H3. The molecule has 1 aliphatic carbocycles. The highest BCUT2D eigenvalue weighted by Gasteiger charge is 2.30. The molecule has 1 nitrogen and oxygen atoms in total. The van der Waals surface area contributed by atoms with Crippen LogP contribution in [0.4, 0.5) is 13.2 Å². The average Bonchev–Trinajstić information content (AvgIpc) is 2.06. The lowest BCUT2D eigenvalue weighted by Gasteiger charge is -2.32. The third-order valence-corrected chi connectivity index (χ3v) is 3.19.